The van der Waals surface area contributed by atoms with Crippen molar-refractivity contribution in [1.29, 1.82) is 0 Å². The van der Waals surface area contributed by atoms with E-state index in [-0.39, 0.29) is 17.7 Å². The van der Waals surface area contributed by atoms with Crippen molar-refractivity contribution in [1.82, 2.24) is 9.47 Å². The summed E-state index contributed by atoms with van der Waals surface area (Å²) in [5.74, 6) is 0. The van der Waals surface area contributed by atoms with E-state index < -0.39 is 5.60 Å². The van der Waals surface area contributed by atoms with Gasteiger partial charge >= 0.3 is 6.09 Å². The van der Waals surface area contributed by atoms with E-state index in [4.69, 9.17) is 4.74 Å². The lowest BCUT2D eigenvalue weighted by atomic mass is 10.1. The molecule has 5 heteroatoms. The molecule has 0 radical (unpaired) electrons. The van der Waals surface area contributed by atoms with Crippen molar-refractivity contribution in [3.8, 4) is 0 Å². The van der Waals surface area contributed by atoms with Crippen LogP contribution in [0.3, 0.4) is 0 Å². The van der Waals surface area contributed by atoms with Gasteiger partial charge in [-0.05, 0) is 39.7 Å². The molecule has 2 rings (SSSR count). The zero-order valence-corrected chi connectivity index (χ0v) is 12.3. The largest absolute Gasteiger partial charge is 0.444 e. The van der Waals surface area contributed by atoms with Crippen LogP contribution in [0.15, 0.2) is 29.2 Å². The number of carbonyl (C=O) groups excluding carboxylic acids is 1. The maximum absolute atomic E-state index is 12.1. The minimum atomic E-state index is -0.492. The summed E-state index contributed by atoms with van der Waals surface area (Å²) in [5.41, 5.74) is -0.517. The van der Waals surface area contributed by atoms with Crippen molar-refractivity contribution < 1.29 is 9.53 Å². The topological polar surface area (TPSA) is 51.5 Å². The highest BCUT2D eigenvalue weighted by Gasteiger charge is 2.28. The van der Waals surface area contributed by atoms with Gasteiger partial charge in [0.15, 0.2) is 0 Å². The van der Waals surface area contributed by atoms with Crippen molar-refractivity contribution >= 4 is 6.09 Å². The number of likely N-dealkylation sites (tertiary alicyclic amines) is 1. The quantitative estimate of drug-likeness (QED) is 0.792. The van der Waals surface area contributed by atoms with Gasteiger partial charge in [-0.1, -0.05) is 6.07 Å². The van der Waals surface area contributed by atoms with Gasteiger partial charge in [0.1, 0.15) is 5.60 Å². The molecule has 2 heterocycles. The van der Waals surface area contributed by atoms with Crippen LogP contribution in [0.2, 0.25) is 0 Å². The van der Waals surface area contributed by atoms with Crippen LogP contribution in [-0.4, -0.2) is 34.3 Å². The average molecular weight is 278 g/mol. The summed E-state index contributed by atoms with van der Waals surface area (Å²) in [7, 11) is 0. The highest BCUT2D eigenvalue weighted by Crippen LogP contribution is 2.21. The number of carbonyl (C=O) groups is 1. The zero-order valence-electron chi connectivity index (χ0n) is 12.3. The molecule has 1 fully saturated rings. The highest BCUT2D eigenvalue weighted by atomic mass is 16.6. The fraction of sp³-hybridized carbons (Fsp3) is 0.600. The molecule has 1 aliphatic rings. The Balaban J connectivity index is 2.08. The van der Waals surface area contributed by atoms with E-state index in [0.717, 1.165) is 12.8 Å². The van der Waals surface area contributed by atoms with Gasteiger partial charge in [0, 0.05) is 25.4 Å². The molecule has 0 saturated carbocycles. The second kappa shape index (κ2) is 5.69. The summed E-state index contributed by atoms with van der Waals surface area (Å²) in [6, 6.07) is 5.15. The molecule has 0 N–H and O–H groups in total. The second-order valence-corrected chi connectivity index (χ2v) is 6.17. The number of aromatic nitrogens is 1. The summed E-state index contributed by atoms with van der Waals surface area (Å²) in [6.07, 6.45) is 3.27. The number of hydrogen-bond acceptors (Lipinski definition) is 3. The molecule has 0 spiro atoms. The normalized spacial score (nSPS) is 19.8. The van der Waals surface area contributed by atoms with Crippen molar-refractivity contribution in [2.24, 2.45) is 0 Å². The molecule has 110 valence electrons. The third kappa shape index (κ3) is 3.62. The van der Waals surface area contributed by atoms with Gasteiger partial charge in [-0.15, -0.1) is 0 Å². The predicted molar refractivity (Wildman–Crippen MR) is 76.8 cm³/mol. The van der Waals surface area contributed by atoms with Crippen LogP contribution in [0, 0.1) is 0 Å². The van der Waals surface area contributed by atoms with E-state index in [0.29, 0.717) is 13.1 Å². The van der Waals surface area contributed by atoms with E-state index in [1.165, 1.54) is 0 Å². The van der Waals surface area contributed by atoms with Gasteiger partial charge in [-0.2, -0.15) is 0 Å². The van der Waals surface area contributed by atoms with Gasteiger partial charge in [0.05, 0.1) is 6.04 Å². The molecular formula is C15H22N2O3. The maximum atomic E-state index is 12.1. The Morgan fingerprint density at radius 3 is 2.75 bits per heavy atom. The standard InChI is InChI=1S/C15H22N2O3/c1-15(2,3)20-14(19)16-9-6-7-12(11-16)17-10-5-4-8-13(17)18/h4-5,8,10,12H,6-7,9,11H2,1-3H3. The van der Waals surface area contributed by atoms with Crippen LogP contribution < -0.4 is 5.56 Å². The smallest absolute Gasteiger partial charge is 0.410 e. The highest BCUT2D eigenvalue weighted by molar-refractivity contribution is 5.68. The predicted octanol–water partition coefficient (Wildman–Crippen LogP) is 2.42. The number of pyridine rings is 1. The fourth-order valence-electron chi connectivity index (χ4n) is 2.42. The lowest BCUT2D eigenvalue weighted by Crippen LogP contribution is -2.44. The van der Waals surface area contributed by atoms with Crippen LogP contribution in [0.5, 0.6) is 0 Å². The Kier molecular flexibility index (Phi) is 4.16. The van der Waals surface area contributed by atoms with Gasteiger partial charge in [-0.3, -0.25) is 4.79 Å². The van der Waals surface area contributed by atoms with Crippen LogP contribution in [0.25, 0.3) is 0 Å². The van der Waals surface area contributed by atoms with Crippen molar-refractivity contribution in [3.05, 3.63) is 34.7 Å². The Morgan fingerprint density at radius 2 is 2.10 bits per heavy atom. The van der Waals surface area contributed by atoms with Crippen molar-refractivity contribution in [2.45, 2.75) is 45.3 Å². The molecule has 1 atom stereocenters. The Labute approximate surface area is 119 Å². The third-order valence-electron chi connectivity index (χ3n) is 3.29. The molecular weight excluding hydrogens is 256 g/mol. The lowest BCUT2D eigenvalue weighted by Gasteiger charge is -2.34. The minimum Gasteiger partial charge on any atom is -0.444 e. The van der Waals surface area contributed by atoms with Gasteiger partial charge in [-0.25, -0.2) is 4.79 Å². The third-order valence-corrected chi connectivity index (χ3v) is 3.29. The summed E-state index contributed by atoms with van der Waals surface area (Å²) in [4.78, 5) is 25.6. The van der Waals surface area contributed by atoms with Crippen LogP contribution >= 0.6 is 0 Å². The Morgan fingerprint density at radius 1 is 1.35 bits per heavy atom. The molecule has 0 bridgehead atoms. The average Bonchev–Trinajstić information content (AvgIpc) is 2.37. The number of nitrogens with zero attached hydrogens (tertiary/aromatic N) is 2. The summed E-state index contributed by atoms with van der Waals surface area (Å²) >= 11 is 0. The van der Waals surface area contributed by atoms with Gasteiger partial charge in [0.2, 0.25) is 0 Å². The molecule has 1 aromatic rings. The fourth-order valence-corrected chi connectivity index (χ4v) is 2.42. The van der Waals surface area contributed by atoms with Crippen molar-refractivity contribution in [3.63, 3.8) is 0 Å². The van der Waals surface area contributed by atoms with E-state index in [1.54, 1.807) is 27.8 Å². The summed E-state index contributed by atoms with van der Waals surface area (Å²) in [5, 5.41) is 0. The second-order valence-electron chi connectivity index (χ2n) is 6.17. The molecule has 0 aromatic carbocycles. The number of ether oxygens (including phenoxy) is 1. The molecule has 0 aliphatic carbocycles. The van der Waals surface area contributed by atoms with E-state index in [1.807, 2.05) is 26.8 Å². The number of rotatable bonds is 1. The van der Waals surface area contributed by atoms with Gasteiger partial charge in [0.25, 0.3) is 5.56 Å². The molecule has 1 saturated heterocycles. The van der Waals surface area contributed by atoms with E-state index in [2.05, 4.69) is 0 Å². The Hall–Kier alpha value is -1.78. The van der Waals surface area contributed by atoms with Crippen LogP contribution in [0.1, 0.15) is 39.7 Å². The summed E-state index contributed by atoms with van der Waals surface area (Å²) in [6.45, 7) is 6.78. The maximum Gasteiger partial charge on any atom is 0.410 e. The first-order chi connectivity index (χ1) is 9.37. The molecule has 1 aromatic heterocycles. The SMILES string of the molecule is CC(C)(C)OC(=O)N1CCCC(n2ccccc2=O)C1. The van der Waals surface area contributed by atoms with Crippen molar-refractivity contribution in [2.75, 3.05) is 13.1 Å². The molecule has 1 amide bonds. The van der Waals surface area contributed by atoms with E-state index in [9.17, 15) is 9.59 Å². The molecule has 5 nitrogen and oxygen atoms in total. The molecule has 20 heavy (non-hydrogen) atoms. The first kappa shape index (κ1) is 14.6. The number of hydrogen-bond donors (Lipinski definition) is 0. The zero-order chi connectivity index (χ0) is 14.8. The minimum absolute atomic E-state index is 0.0245. The van der Waals surface area contributed by atoms with Crippen LogP contribution in [0.4, 0.5) is 4.79 Å². The first-order valence-electron chi connectivity index (χ1n) is 7.02. The summed E-state index contributed by atoms with van der Waals surface area (Å²) < 4.78 is 7.10. The first-order valence-corrected chi connectivity index (χ1v) is 7.02. The van der Waals surface area contributed by atoms with Crippen LogP contribution in [-0.2, 0) is 4.74 Å². The number of amides is 1. The van der Waals surface area contributed by atoms with E-state index >= 15 is 0 Å². The Bertz CT molecular complexity index is 530. The molecule has 1 aliphatic heterocycles. The molecule has 1 unspecified atom stereocenters. The number of piperidine rings is 1. The monoisotopic (exact) mass is 278 g/mol. The lowest BCUT2D eigenvalue weighted by molar-refractivity contribution is 0.0171. The van der Waals surface area contributed by atoms with Gasteiger partial charge < -0.3 is 14.2 Å².